The molecule has 0 amide bonds. The lowest BCUT2D eigenvalue weighted by atomic mass is 10.1. The van der Waals surface area contributed by atoms with Crippen molar-refractivity contribution in [2.24, 2.45) is 0 Å². The van der Waals surface area contributed by atoms with E-state index in [2.05, 4.69) is 9.97 Å². The molecule has 0 radical (unpaired) electrons. The number of benzene rings is 1. The predicted molar refractivity (Wildman–Crippen MR) is 88.1 cm³/mol. The van der Waals surface area contributed by atoms with Gasteiger partial charge in [-0.15, -0.1) is 0 Å². The van der Waals surface area contributed by atoms with Crippen LogP contribution in [-0.2, 0) is 22.2 Å². The highest BCUT2D eigenvalue weighted by atomic mass is 32.2. The lowest BCUT2D eigenvalue weighted by Crippen LogP contribution is -2.12. The molecule has 0 saturated carbocycles. The highest BCUT2D eigenvalue weighted by molar-refractivity contribution is 7.91. The summed E-state index contributed by atoms with van der Waals surface area (Å²) in [4.78, 5) is 5.01. The molecule has 2 aromatic heterocycles. The van der Waals surface area contributed by atoms with E-state index >= 15 is 0 Å². The van der Waals surface area contributed by atoms with E-state index in [1.807, 2.05) is 13.8 Å². The second kappa shape index (κ2) is 6.70. The Morgan fingerprint density at radius 3 is 2.07 bits per heavy atom. The van der Waals surface area contributed by atoms with E-state index in [1.54, 1.807) is 0 Å². The van der Waals surface area contributed by atoms with Gasteiger partial charge < -0.3 is 4.98 Å². The van der Waals surface area contributed by atoms with E-state index in [-0.39, 0.29) is 16.6 Å². The third-order valence-electron chi connectivity index (χ3n) is 3.57. The Balaban J connectivity index is 0.00000126. The monoisotopic (exact) mass is 412 g/mol. The first kappa shape index (κ1) is 21.0. The van der Waals surface area contributed by atoms with Gasteiger partial charge in [-0.1, -0.05) is 13.8 Å². The van der Waals surface area contributed by atoms with Gasteiger partial charge in [-0.05, 0) is 18.2 Å². The summed E-state index contributed by atoms with van der Waals surface area (Å²) in [6.07, 6.45) is -8.69. The second-order valence-corrected chi connectivity index (χ2v) is 7.33. The standard InChI is InChI=1S/C14H8F6N2O2S.C2H6/c1-25(23,24)11-8(14(18,19)20)2-3-9-10(11)7-4-6(13(15,16)17)5-21-12(7)22-9;1-2/h2-5H,1H3,(H,21,22);1-2H3. The fourth-order valence-corrected chi connectivity index (χ4v) is 3.77. The zero-order valence-corrected chi connectivity index (χ0v) is 15.1. The topological polar surface area (TPSA) is 62.8 Å². The van der Waals surface area contributed by atoms with Crippen molar-refractivity contribution in [3.05, 3.63) is 35.5 Å². The predicted octanol–water partition coefficient (Wildman–Crippen LogP) is 5.18. The first-order chi connectivity index (χ1) is 12.3. The molecule has 11 heteroatoms. The molecule has 1 N–H and O–H groups in total. The van der Waals surface area contributed by atoms with Crippen LogP contribution in [0.5, 0.6) is 0 Å². The minimum atomic E-state index is -4.99. The van der Waals surface area contributed by atoms with E-state index in [1.165, 1.54) is 0 Å². The summed E-state index contributed by atoms with van der Waals surface area (Å²) in [5.41, 5.74) is -2.85. The van der Waals surface area contributed by atoms with Crippen LogP contribution in [-0.4, -0.2) is 24.6 Å². The van der Waals surface area contributed by atoms with Crippen LogP contribution in [0.1, 0.15) is 25.0 Å². The summed E-state index contributed by atoms with van der Waals surface area (Å²) >= 11 is 0. The fourth-order valence-electron chi connectivity index (χ4n) is 2.60. The average Bonchev–Trinajstić information content (AvgIpc) is 2.90. The van der Waals surface area contributed by atoms with Crippen LogP contribution in [0.3, 0.4) is 0 Å². The van der Waals surface area contributed by atoms with E-state index in [4.69, 9.17) is 0 Å². The van der Waals surface area contributed by atoms with Crippen molar-refractivity contribution in [3.8, 4) is 0 Å². The smallest absolute Gasteiger partial charge is 0.339 e. The van der Waals surface area contributed by atoms with Crippen molar-refractivity contribution in [1.82, 2.24) is 9.97 Å². The van der Waals surface area contributed by atoms with Gasteiger partial charge in [0.05, 0.1) is 16.0 Å². The van der Waals surface area contributed by atoms with Crippen molar-refractivity contribution in [2.45, 2.75) is 31.1 Å². The average molecular weight is 412 g/mol. The number of sulfone groups is 1. The number of alkyl halides is 6. The van der Waals surface area contributed by atoms with Gasteiger partial charge in [-0.3, -0.25) is 0 Å². The number of aromatic nitrogens is 2. The molecule has 2 heterocycles. The zero-order valence-electron chi connectivity index (χ0n) is 14.2. The molecule has 0 bridgehead atoms. The lowest BCUT2D eigenvalue weighted by molar-refractivity contribution is -0.140. The number of hydrogen-bond donors (Lipinski definition) is 1. The second-order valence-electron chi connectivity index (χ2n) is 5.38. The first-order valence-electron chi connectivity index (χ1n) is 7.59. The summed E-state index contributed by atoms with van der Waals surface area (Å²) in [5, 5.41) is -0.817. The maximum absolute atomic E-state index is 13.2. The highest BCUT2D eigenvalue weighted by Gasteiger charge is 2.38. The maximum atomic E-state index is 13.2. The van der Waals surface area contributed by atoms with Crippen LogP contribution >= 0.6 is 0 Å². The van der Waals surface area contributed by atoms with Gasteiger partial charge in [-0.25, -0.2) is 13.4 Å². The molecule has 1 aromatic carbocycles. The quantitative estimate of drug-likeness (QED) is 0.560. The van der Waals surface area contributed by atoms with Crippen LogP contribution in [0.4, 0.5) is 26.3 Å². The van der Waals surface area contributed by atoms with Gasteiger partial charge in [0.25, 0.3) is 0 Å². The first-order valence-corrected chi connectivity index (χ1v) is 9.48. The molecule has 3 aromatic rings. The number of hydrogen-bond acceptors (Lipinski definition) is 3. The number of aromatic amines is 1. The Hall–Kier alpha value is -2.30. The molecule has 3 rings (SSSR count). The van der Waals surface area contributed by atoms with E-state index in [0.29, 0.717) is 24.6 Å². The van der Waals surface area contributed by atoms with Crippen LogP contribution in [0.15, 0.2) is 29.3 Å². The molecule has 4 nitrogen and oxygen atoms in total. The molecule has 148 valence electrons. The number of fused-ring (bicyclic) bond motifs is 3. The van der Waals surface area contributed by atoms with Crippen molar-refractivity contribution in [1.29, 1.82) is 0 Å². The number of nitrogens with zero attached hydrogens (tertiary/aromatic N) is 1. The largest absolute Gasteiger partial charge is 0.417 e. The Bertz CT molecular complexity index is 1100. The third kappa shape index (κ3) is 3.87. The van der Waals surface area contributed by atoms with Crippen molar-refractivity contribution < 1.29 is 34.8 Å². The minimum Gasteiger partial charge on any atom is -0.339 e. The van der Waals surface area contributed by atoms with Crippen LogP contribution in [0.25, 0.3) is 21.9 Å². The molecule has 0 spiro atoms. The summed E-state index contributed by atoms with van der Waals surface area (Å²) in [6.45, 7) is 4.00. The summed E-state index contributed by atoms with van der Waals surface area (Å²) < 4.78 is 102. The fraction of sp³-hybridized carbons (Fsp3) is 0.312. The number of nitrogens with one attached hydrogen (secondary N) is 1. The van der Waals surface area contributed by atoms with Crippen molar-refractivity contribution in [2.75, 3.05) is 6.26 Å². The minimum absolute atomic E-state index is 0.0600. The van der Waals surface area contributed by atoms with Crippen molar-refractivity contribution >= 4 is 31.8 Å². The van der Waals surface area contributed by atoms with Gasteiger partial charge in [0.15, 0.2) is 9.84 Å². The molecular formula is C16H14F6N2O2S. The number of H-pyrrole nitrogens is 1. The van der Waals surface area contributed by atoms with Crippen LogP contribution < -0.4 is 0 Å². The van der Waals surface area contributed by atoms with Gasteiger partial charge in [0, 0.05) is 28.7 Å². The molecule has 0 fully saturated rings. The molecule has 0 aliphatic heterocycles. The normalized spacial score (nSPS) is 12.9. The Kier molecular flexibility index (Phi) is 5.21. The summed E-state index contributed by atoms with van der Waals surface area (Å²) in [5.74, 6) is 0. The van der Waals surface area contributed by atoms with Crippen molar-refractivity contribution in [3.63, 3.8) is 0 Å². The molecule has 0 aliphatic rings. The Labute approximate surface area is 150 Å². The lowest BCUT2D eigenvalue weighted by Gasteiger charge is -2.13. The molecule has 0 aliphatic carbocycles. The Morgan fingerprint density at radius 2 is 1.59 bits per heavy atom. The van der Waals surface area contributed by atoms with Gasteiger partial charge >= 0.3 is 12.4 Å². The molecular weight excluding hydrogens is 398 g/mol. The van der Waals surface area contributed by atoms with E-state index < -0.39 is 43.6 Å². The van der Waals surface area contributed by atoms with Gasteiger partial charge in [0.1, 0.15) is 5.65 Å². The van der Waals surface area contributed by atoms with Gasteiger partial charge in [0.2, 0.25) is 0 Å². The highest BCUT2D eigenvalue weighted by Crippen LogP contribution is 2.41. The van der Waals surface area contributed by atoms with Crippen LogP contribution in [0.2, 0.25) is 0 Å². The van der Waals surface area contributed by atoms with Gasteiger partial charge in [-0.2, -0.15) is 26.3 Å². The third-order valence-corrected chi connectivity index (χ3v) is 4.74. The van der Waals surface area contributed by atoms with E-state index in [0.717, 1.165) is 6.07 Å². The zero-order chi connectivity index (χ0) is 20.8. The maximum Gasteiger partial charge on any atom is 0.417 e. The van der Waals surface area contributed by atoms with E-state index in [9.17, 15) is 34.8 Å². The molecule has 0 unspecified atom stereocenters. The molecule has 0 saturated heterocycles. The summed E-state index contributed by atoms with van der Waals surface area (Å²) in [6, 6.07) is 2.11. The molecule has 0 atom stereocenters. The van der Waals surface area contributed by atoms with Crippen LogP contribution in [0, 0.1) is 0 Å². The Morgan fingerprint density at radius 1 is 1.00 bits per heavy atom. The number of halogens is 6. The molecule has 27 heavy (non-hydrogen) atoms. The SMILES string of the molecule is CC.CS(=O)(=O)c1c(C(F)(F)F)ccc2[nH]c3ncc(C(F)(F)F)cc3c12. The summed E-state index contributed by atoms with van der Waals surface area (Å²) in [7, 11) is -4.40. The number of pyridine rings is 1. The number of rotatable bonds is 1.